The van der Waals surface area contributed by atoms with Crippen LogP contribution in [0.1, 0.15) is 38.5 Å². The Kier molecular flexibility index (Phi) is 4.78. The Bertz CT molecular complexity index is 411. The van der Waals surface area contributed by atoms with E-state index in [0.717, 1.165) is 0 Å². The van der Waals surface area contributed by atoms with Gasteiger partial charge < -0.3 is 10.0 Å². The summed E-state index contributed by atoms with van der Waals surface area (Å²) in [6.45, 7) is 0.0657. The van der Waals surface area contributed by atoms with Crippen LogP contribution in [0.2, 0.25) is 0 Å². The fourth-order valence-electron chi connectivity index (χ4n) is 3.34. The average molecular weight is 307 g/mol. The molecule has 21 heavy (non-hydrogen) atoms. The normalized spacial score (nSPS) is 31.0. The Hall–Kier alpha value is -1.27. The Morgan fingerprint density at radius 3 is 2.33 bits per heavy atom. The lowest BCUT2D eigenvalue weighted by Gasteiger charge is -2.37. The minimum Gasteiger partial charge on any atom is -0.481 e. The molecule has 7 heteroatoms. The van der Waals surface area contributed by atoms with E-state index in [-0.39, 0.29) is 25.3 Å². The molecular formula is C14H20F3NO3. The van der Waals surface area contributed by atoms with E-state index in [2.05, 4.69) is 0 Å². The van der Waals surface area contributed by atoms with Gasteiger partial charge >= 0.3 is 12.1 Å². The molecule has 0 unspecified atom stereocenters. The number of halogens is 3. The van der Waals surface area contributed by atoms with E-state index in [1.54, 1.807) is 0 Å². The monoisotopic (exact) mass is 307 g/mol. The molecule has 2 aliphatic rings. The predicted octanol–water partition coefficient (Wildman–Crippen LogP) is 2.68. The van der Waals surface area contributed by atoms with E-state index in [4.69, 9.17) is 5.11 Å². The summed E-state index contributed by atoms with van der Waals surface area (Å²) in [5.41, 5.74) is 0. The van der Waals surface area contributed by atoms with Crippen molar-refractivity contribution < 1.29 is 27.9 Å². The first-order valence-electron chi connectivity index (χ1n) is 7.37. The summed E-state index contributed by atoms with van der Waals surface area (Å²) in [7, 11) is 0. The SMILES string of the molecule is O=C(O)[C@@H]1CCC[C@@H](C(=O)N2CCC[C@H](C(F)(F)F)C2)C1. The third kappa shape index (κ3) is 3.89. The van der Waals surface area contributed by atoms with Crippen molar-refractivity contribution >= 4 is 11.9 Å². The molecule has 3 atom stereocenters. The fourth-order valence-corrected chi connectivity index (χ4v) is 3.34. The van der Waals surface area contributed by atoms with Crippen LogP contribution in [-0.4, -0.2) is 41.1 Å². The number of carbonyl (C=O) groups excluding carboxylic acids is 1. The van der Waals surface area contributed by atoms with E-state index in [1.807, 2.05) is 0 Å². The Labute approximate surface area is 121 Å². The highest BCUT2D eigenvalue weighted by Crippen LogP contribution is 2.35. The maximum absolute atomic E-state index is 12.8. The van der Waals surface area contributed by atoms with Crippen LogP contribution in [0.4, 0.5) is 13.2 Å². The predicted molar refractivity (Wildman–Crippen MR) is 68.4 cm³/mol. The highest BCUT2D eigenvalue weighted by atomic mass is 19.4. The fraction of sp³-hybridized carbons (Fsp3) is 0.857. The summed E-state index contributed by atoms with van der Waals surface area (Å²) in [6.07, 6.45) is -1.83. The molecule has 1 amide bonds. The molecule has 0 bridgehead atoms. The highest BCUT2D eigenvalue weighted by Gasteiger charge is 2.44. The Morgan fingerprint density at radius 2 is 1.71 bits per heavy atom. The molecule has 1 saturated heterocycles. The van der Waals surface area contributed by atoms with Gasteiger partial charge in [-0.15, -0.1) is 0 Å². The zero-order valence-corrected chi connectivity index (χ0v) is 11.7. The number of carboxylic acids is 1. The van der Waals surface area contributed by atoms with E-state index in [0.29, 0.717) is 32.2 Å². The lowest BCUT2D eigenvalue weighted by molar-refractivity contribution is -0.188. The highest BCUT2D eigenvalue weighted by molar-refractivity contribution is 5.80. The van der Waals surface area contributed by atoms with E-state index >= 15 is 0 Å². The Balaban J connectivity index is 1.97. The largest absolute Gasteiger partial charge is 0.481 e. The third-order valence-corrected chi connectivity index (χ3v) is 4.57. The first-order chi connectivity index (χ1) is 9.79. The van der Waals surface area contributed by atoms with Crippen LogP contribution in [-0.2, 0) is 9.59 Å². The van der Waals surface area contributed by atoms with Crippen LogP contribution in [0, 0.1) is 17.8 Å². The number of carbonyl (C=O) groups is 2. The second-order valence-corrected chi connectivity index (χ2v) is 6.06. The summed E-state index contributed by atoms with van der Waals surface area (Å²) in [5.74, 6) is -3.65. The molecule has 1 N–H and O–H groups in total. The van der Waals surface area contributed by atoms with Gasteiger partial charge in [-0.1, -0.05) is 6.42 Å². The van der Waals surface area contributed by atoms with Crippen molar-refractivity contribution in [2.45, 2.75) is 44.7 Å². The van der Waals surface area contributed by atoms with Crippen molar-refractivity contribution in [3.8, 4) is 0 Å². The average Bonchev–Trinajstić information content (AvgIpc) is 2.46. The molecule has 4 nitrogen and oxygen atoms in total. The molecule has 2 rings (SSSR count). The molecule has 1 aliphatic carbocycles. The molecule has 0 aromatic heterocycles. The number of aliphatic carboxylic acids is 1. The number of alkyl halides is 3. The van der Waals surface area contributed by atoms with Crippen LogP contribution in [0.5, 0.6) is 0 Å². The van der Waals surface area contributed by atoms with Crippen molar-refractivity contribution in [3.05, 3.63) is 0 Å². The van der Waals surface area contributed by atoms with Crippen LogP contribution in [0.15, 0.2) is 0 Å². The molecule has 1 heterocycles. The van der Waals surface area contributed by atoms with Crippen LogP contribution >= 0.6 is 0 Å². The van der Waals surface area contributed by atoms with Crippen LogP contribution in [0.25, 0.3) is 0 Å². The number of carboxylic acid groups (broad SMARTS) is 1. The molecular weight excluding hydrogens is 287 g/mol. The first-order valence-corrected chi connectivity index (χ1v) is 7.37. The van der Waals surface area contributed by atoms with Gasteiger partial charge in [-0.05, 0) is 32.1 Å². The zero-order valence-electron chi connectivity index (χ0n) is 11.7. The second-order valence-electron chi connectivity index (χ2n) is 6.06. The van der Waals surface area contributed by atoms with Gasteiger partial charge in [0.15, 0.2) is 0 Å². The van der Waals surface area contributed by atoms with Gasteiger partial charge in [0.25, 0.3) is 0 Å². The number of amides is 1. The second kappa shape index (κ2) is 6.23. The van der Waals surface area contributed by atoms with Crippen molar-refractivity contribution in [3.63, 3.8) is 0 Å². The van der Waals surface area contributed by atoms with E-state index in [1.165, 1.54) is 4.90 Å². The molecule has 1 saturated carbocycles. The summed E-state index contributed by atoms with van der Waals surface area (Å²) in [4.78, 5) is 24.7. The molecule has 120 valence electrons. The van der Waals surface area contributed by atoms with Crippen LogP contribution < -0.4 is 0 Å². The smallest absolute Gasteiger partial charge is 0.393 e. The standard InChI is InChI=1S/C14H20F3NO3/c15-14(16,17)11-5-2-6-18(8-11)12(19)9-3-1-4-10(7-9)13(20)21/h9-11H,1-8H2,(H,20,21)/t9-,10-,11+/m1/s1. The van der Waals surface area contributed by atoms with E-state index < -0.39 is 29.9 Å². The molecule has 0 aromatic rings. The van der Waals surface area contributed by atoms with Crippen molar-refractivity contribution in [1.29, 1.82) is 0 Å². The Morgan fingerprint density at radius 1 is 1.05 bits per heavy atom. The summed E-state index contributed by atoms with van der Waals surface area (Å²) < 4.78 is 38.3. The van der Waals surface area contributed by atoms with Crippen LogP contribution in [0.3, 0.4) is 0 Å². The quantitative estimate of drug-likeness (QED) is 0.853. The van der Waals surface area contributed by atoms with Gasteiger partial charge in [0.1, 0.15) is 0 Å². The van der Waals surface area contributed by atoms with Gasteiger partial charge in [0.05, 0.1) is 11.8 Å². The number of rotatable bonds is 2. The third-order valence-electron chi connectivity index (χ3n) is 4.57. The maximum atomic E-state index is 12.8. The molecule has 0 radical (unpaired) electrons. The first kappa shape index (κ1) is 16.1. The number of nitrogens with zero attached hydrogens (tertiary/aromatic N) is 1. The molecule has 0 aromatic carbocycles. The maximum Gasteiger partial charge on any atom is 0.393 e. The van der Waals surface area contributed by atoms with Gasteiger partial charge in [0.2, 0.25) is 5.91 Å². The summed E-state index contributed by atoms with van der Waals surface area (Å²) in [6, 6.07) is 0. The number of likely N-dealkylation sites (tertiary alicyclic amines) is 1. The van der Waals surface area contributed by atoms with Gasteiger partial charge in [-0.3, -0.25) is 9.59 Å². The number of piperidine rings is 1. The molecule has 0 spiro atoms. The van der Waals surface area contributed by atoms with Gasteiger partial charge in [0, 0.05) is 19.0 Å². The molecule has 2 fully saturated rings. The topological polar surface area (TPSA) is 57.6 Å². The number of hydrogen-bond donors (Lipinski definition) is 1. The lowest BCUT2D eigenvalue weighted by atomic mass is 9.80. The van der Waals surface area contributed by atoms with E-state index in [9.17, 15) is 22.8 Å². The van der Waals surface area contributed by atoms with Crippen molar-refractivity contribution in [1.82, 2.24) is 4.90 Å². The van der Waals surface area contributed by atoms with Gasteiger partial charge in [-0.25, -0.2) is 0 Å². The molecule has 1 aliphatic heterocycles. The zero-order chi connectivity index (χ0) is 15.6. The minimum absolute atomic E-state index is 0.0652. The van der Waals surface area contributed by atoms with Crippen molar-refractivity contribution in [2.75, 3.05) is 13.1 Å². The summed E-state index contributed by atoms with van der Waals surface area (Å²) >= 11 is 0. The lowest BCUT2D eigenvalue weighted by Crippen LogP contribution is -2.47. The summed E-state index contributed by atoms with van der Waals surface area (Å²) in [5, 5.41) is 9.02. The minimum atomic E-state index is -4.27. The number of hydrogen-bond acceptors (Lipinski definition) is 2. The van der Waals surface area contributed by atoms with Gasteiger partial charge in [-0.2, -0.15) is 13.2 Å². The van der Waals surface area contributed by atoms with Crippen molar-refractivity contribution in [2.24, 2.45) is 17.8 Å².